The van der Waals surface area contributed by atoms with Gasteiger partial charge in [-0.05, 0) is 36.4 Å². The lowest BCUT2D eigenvalue weighted by molar-refractivity contribution is 0.102. The van der Waals surface area contributed by atoms with Crippen LogP contribution in [0, 0.1) is 0 Å². The number of nitrogens with one attached hydrogen (secondary N) is 1. The first-order valence-electron chi connectivity index (χ1n) is 7.99. The number of aromatic nitrogens is 1. The minimum atomic E-state index is -0.159. The van der Waals surface area contributed by atoms with Crippen molar-refractivity contribution in [3.8, 4) is 0 Å². The van der Waals surface area contributed by atoms with Gasteiger partial charge in [0.05, 0.1) is 23.4 Å². The third kappa shape index (κ3) is 3.68. The fraction of sp³-hybridized carbons (Fsp3) is 0.222. The van der Waals surface area contributed by atoms with Gasteiger partial charge in [0.25, 0.3) is 5.91 Å². The molecule has 0 unspecified atom stereocenters. The van der Waals surface area contributed by atoms with Crippen molar-refractivity contribution in [1.29, 1.82) is 0 Å². The molecule has 0 saturated carbocycles. The van der Waals surface area contributed by atoms with Crippen molar-refractivity contribution in [3.05, 3.63) is 52.5 Å². The number of benzene rings is 2. The number of halogens is 1. The SMILES string of the molecule is O=C(Nc1nc2ccc(N3CCOCC3)cc2s1)c1cccc(Br)c1. The van der Waals surface area contributed by atoms with Crippen LogP contribution in [-0.4, -0.2) is 37.2 Å². The summed E-state index contributed by atoms with van der Waals surface area (Å²) in [5, 5.41) is 3.50. The average molecular weight is 418 g/mol. The zero-order valence-electron chi connectivity index (χ0n) is 13.4. The molecule has 0 atom stereocenters. The van der Waals surface area contributed by atoms with Crippen molar-refractivity contribution in [1.82, 2.24) is 4.98 Å². The molecular formula is C18H16BrN3O2S. The van der Waals surface area contributed by atoms with Crippen molar-refractivity contribution in [3.63, 3.8) is 0 Å². The molecule has 1 fully saturated rings. The molecule has 1 aliphatic heterocycles. The van der Waals surface area contributed by atoms with E-state index < -0.39 is 0 Å². The van der Waals surface area contributed by atoms with Crippen LogP contribution in [0.1, 0.15) is 10.4 Å². The highest BCUT2D eigenvalue weighted by molar-refractivity contribution is 9.10. The van der Waals surface area contributed by atoms with E-state index in [2.05, 4.69) is 43.3 Å². The summed E-state index contributed by atoms with van der Waals surface area (Å²) in [5.74, 6) is -0.159. The van der Waals surface area contributed by atoms with E-state index in [1.807, 2.05) is 18.2 Å². The maximum absolute atomic E-state index is 12.4. The smallest absolute Gasteiger partial charge is 0.257 e. The second kappa shape index (κ2) is 7.11. The fourth-order valence-electron chi connectivity index (χ4n) is 2.78. The minimum absolute atomic E-state index is 0.159. The van der Waals surface area contributed by atoms with Gasteiger partial charge in [0.2, 0.25) is 0 Å². The first-order chi connectivity index (χ1) is 12.2. The summed E-state index contributed by atoms with van der Waals surface area (Å²) in [7, 11) is 0. The van der Waals surface area contributed by atoms with Gasteiger partial charge in [0.15, 0.2) is 5.13 Å². The van der Waals surface area contributed by atoms with Gasteiger partial charge in [0, 0.05) is 28.8 Å². The van der Waals surface area contributed by atoms with Crippen LogP contribution in [0.3, 0.4) is 0 Å². The number of hydrogen-bond donors (Lipinski definition) is 1. The Morgan fingerprint density at radius 3 is 2.84 bits per heavy atom. The normalized spacial score (nSPS) is 14.7. The van der Waals surface area contributed by atoms with Crippen molar-refractivity contribution < 1.29 is 9.53 Å². The maximum Gasteiger partial charge on any atom is 0.257 e. The lowest BCUT2D eigenvalue weighted by Crippen LogP contribution is -2.36. The van der Waals surface area contributed by atoms with Crippen LogP contribution in [0.15, 0.2) is 46.9 Å². The van der Waals surface area contributed by atoms with Gasteiger partial charge in [-0.15, -0.1) is 0 Å². The fourth-order valence-corrected chi connectivity index (χ4v) is 4.08. The highest BCUT2D eigenvalue weighted by atomic mass is 79.9. The molecule has 1 saturated heterocycles. The highest BCUT2D eigenvalue weighted by Crippen LogP contribution is 2.30. The molecule has 0 spiro atoms. The molecule has 1 N–H and O–H groups in total. The standard InChI is InChI=1S/C18H16BrN3O2S/c19-13-3-1-2-12(10-13)17(23)21-18-20-15-5-4-14(11-16(15)25-18)22-6-8-24-9-7-22/h1-5,10-11H,6-9H2,(H,20,21,23). The Morgan fingerprint density at radius 2 is 2.04 bits per heavy atom. The third-order valence-corrected chi connectivity index (χ3v) is 5.48. The number of ether oxygens (including phenoxy) is 1. The number of amides is 1. The number of carbonyl (C=O) groups excluding carboxylic acids is 1. The molecule has 2 heterocycles. The molecule has 1 aromatic heterocycles. The number of carbonyl (C=O) groups is 1. The first kappa shape index (κ1) is 16.5. The van der Waals surface area contributed by atoms with Crippen LogP contribution in [0.4, 0.5) is 10.8 Å². The number of rotatable bonds is 3. The summed E-state index contributed by atoms with van der Waals surface area (Å²) in [5.41, 5.74) is 2.67. The van der Waals surface area contributed by atoms with E-state index >= 15 is 0 Å². The van der Waals surface area contributed by atoms with Gasteiger partial charge in [-0.1, -0.05) is 33.3 Å². The predicted octanol–water partition coefficient (Wildman–Crippen LogP) is 4.15. The second-order valence-electron chi connectivity index (χ2n) is 5.73. The lowest BCUT2D eigenvalue weighted by Gasteiger charge is -2.28. The predicted molar refractivity (Wildman–Crippen MR) is 105 cm³/mol. The van der Waals surface area contributed by atoms with Gasteiger partial charge in [-0.25, -0.2) is 4.98 Å². The Morgan fingerprint density at radius 1 is 1.20 bits per heavy atom. The van der Waals surface area contributed by atoms with Gasteiger partial charge < -0.3 is 9.64 Å². The molecule has 1 amide bonds. The number of hydrogen-bond acceptors (Lipinski definition) is 5. The number of morpholine rings is 1. The molecule has 1 aliphatic rings. The first-order valence-corrected chi connectivity index (χ1v) is 9.60. The van der Waals surface area contributed by atoms with E-state index in [0.29, 0.717) is 10.7 Å². The molecule has 7 heteroatoms. The topological polar surface area (TPSA) is 54.5 Å². The van der Waals surface area contributed by atoms with E-state index in [1.165, 1.54) is 17.0 Å². The van der Waals surface area contributed by atoms with Gasteiger partial charge >= 0.3 is 0 Å². The minimum Gasteiger partial charge on any atom is -0.378 e. The molecule has 25 heavy (non-hydrogen) atoms. The average Bonchev–Trinajstić information content (AvgIpc) is 3.03. The van der Waals surface area contributed by atoms with E-state index in [0.717, 1.165) is 41.0 Å². The summed E-state index contributed by atoms with van der Waals surface area (Å²) in [6.45, 7) is 3.32. The summed E-state index contributed by atoms with van der Waals surface area (Å²) < 4.78 is 7.34. The molecule has 0 radical (unpaired) electrons. The Bertz CT molecular complexity index is 922. The van der Waals surface area contributed by atoms with Crippen LogP contribution >= 0.6 is 27.3 Å². The van der Waals surface area contributed by atoms with Crippen LogP contribution in [0.2, 0.25) is 0 Å². The molecule has 3 aromatic rings. The Balaban J connectivity index is 1.55. The van der Waals surface area contributed by atoms with E-state index in [4.69, 9.17) is 4.74 Å². The molecule has 4 rings (SSSR count). The number of nitrogens with zero attached hydrogens (tertiary/aromatic N) is 2. The monoisotopic (exact) mass is 417 g/mol. The maximum atomic E-state index is 12.4. The molecule has 2 aromatic carbocycles. The van der Waals surface area contributed by atoms with Crippen LogP contribution in [-0.2, 0) is 4.74 Å². The van der Waals surface area contributed by atoms with Gasteiger partial charge in [-0.2, -0.15) is 0 Å². The summed E-state index contributed by atoms with van der Waals surface area (Å²) in [4.78, 5) is 19.2. The van der Waals surface area contributed by atoms with Crippen LogP contribution in [0.5, 0.6) is 0 Å². The van der Waals surface area contributed by atoms with Crippen molar-refractivity contribution in [2.24, 2.45) is 0 Å². The van der Waals surface area contributed by atoms with Gasteiger partial charge in [-0.3, -0.25) is 10.1 Å². The Hall–Kier alpha value is -1.96. The van der Waals surface area contributed by atoms with Crippen molar-refractivity contribution >= 4 is 54.2 Å². The van der Waals surface area contributed by atoms with E-state index in [9.17, 15) is 4.79 Å². The van der Waals surface area contributed by atoms with E-state index in [1.54, 1.807) is 12.1 Å². The third-order valence-electron chi connectivity index (χ3n) is 4.06. The number of thiazole rings is 1. The molecular weight excluding hydrogens is 402 g/mol. The highest BCUT2D eigenvalue weighted by Gasteiger charge is 2.14. The zero-order valence-corrected chi connectivity index (χ0v) is 15.8. The quantitative estimate of drug-likeness (QED) is 0.695. The van der Waals surface area contributed by atoms with E-state index in [-0.39, 0.29) is 5.91 Å². The number of fused-ring (bicyclic) bond motifs is 1. The van der Waals surface area contributed by atoms with Gasteiger partial charge in [0.1, 0.15) is 0 Å². The molecule has 0 bridgehead atoms. The zero-order chi connectivity index (χ0) is 17.2. The van der Waals surface area contributed by atoms with Crippen molar-refractivity contribution in [2.75, 3.05) is 36.5 Å². The summed E-state index contributed by atoms with van der Waals surface area (Å²) >= 11 is 4.87. The number of anilines is 2. The Labute approximate surface area is 157 Å². The molecule has 0 aliphatic carbocycles. The van der Waals surface area contributed by atoms with Crippen LogP contribution in [0.25, 0.3) is 10.2 Å². The lowest BCUT2D eigenvalue weighted by atomic mass is 10.2. The summed E-state index contributed by atoms with van der Waals surface area (Å²) in [6, 6.07) is 13.5. The largest absolute Gasteiger partial charge is 0.378 e. The molecule has 5 nitrogen and oxygen atoms in total. The summed E-state index contributed by atoms with van der Waals surface area (Å²) in [6.07, 6.45) is 0. The van der Waals surface area contributed by atoms with Crippen LogP contribution < -0.4 is 10.2 Å². The molecule has 128 valence electrons. The Kier molecular flexibility index (Phi) is 4.70. The van der Waals surface area contributed by atoms with Crippen molar-refractivity contribution in [2.45, 2.75) is 0 Å². The second-order valence-corrected chi connectivity index (χ2v) is 7.68.